The third-order valence-electron chi connectivity index (χ3n) is 4.86. The van der Waals surface area contributed by atoms with Crippen LogP contribution < -0.4 is 11.1 Å². The first kappa shape index (κ1) is 19.4. The molecule has 0 aliphatic rings. The van der Waals surface area contributed by atoms with Gasteiger partial charge >= 0.3 is 0 Å². The monoisotopic (exact) mass is 406 g/mol. The van der Waals surface area contributed by atoms with Gasteiger partial charge in [0.2, 0.25) is 0 Å². The Bertz CT molecular complexity index is 1300. The van der Waals surface area contributed by atoms with Gasteiger partial charge < -0.3 is 4.98 Å². The number of hydrogen-bond acceptors (Lipinski definition) is 5. The van der Waals surface area contributed by atoms with Gasteiger partial charge in [0.25, 0.3) is 11.1 Å². The van der Waals surface area contributed by atoms with Crippen molar-refractivity contribution in [3.8, 4) is 0 Å². The zero-order valence-corrected chi connectivity index (χ0v) is 17.2. The fraction of sp³-hybridized carbons (Fsp3) is 0.273. The van der Waals surface area contributed by atoms with Crippen LogP contribution in [-0.2, 0) is 6.54 Å². The molecule has 2 aromatic heterocycles. The lowest BCUT2D eigenvalue weighted by molar-refractivity contribution is 0.557. The number of H-pyrrole nitrogens is 1. The molecule has 0 saturated carbocycles. The molecule has 0 aliphatic heterocycles. The molecule has 148 valence electrons. The summed E-state index contributed by atoms with van der Waals surface area (Å²) in [6, 6.07) is 14.7. The molecular weight excluding hydrogens is 384 g/mol. The maximum absolute atomic E-state index is 13.0. The summed E-state index contributed by atoms with van der Waals surface area (Å²) in [6.45, 7) is 4.67. The predicted octanol–water partition coefficient (Wildman–Crippen LogP) is 4.29. The average Bonchev–Trinajstić information content (AvgIpc) is 2.73. The third-order valence-corrected chi connectivity index (χ3v) is 5.96. The zero-order chi connectivity index (χ0) is 20.4. The van der Waals surface area contributed by atoms with Gasteiger partial charge in [-0.1, -0.05) is 49.4 Å². The van der Waals surface area contributed by atoms with Crippen LogP contribution >= 0.6 is 11.8 Å². The normalized spacial score (nSPS) is 12.5. The van der Waals surface area contributed by atoms with E-state index in [0.717, 1.165) is 12.8 Å². The van der Waals surface area contributed by atoms with Crippen LogP contribution in [0.3, 0.4) is 0 Å². The van der Waals surface area contributed by atoms with Crippen molar-refractivity contribution in [2.75, 3.05) is 0 Å². The van der Waals surface area contributed by atoms with Crippen molar-refractivity contribution in [1.29, 1.82) is 0 Å². The van der Waals surface area contributed by atoms with Crippen LogP contribution in [0.15, 0.2) is 63.3 Å². The molecule has 6 nitrogen and oxygen atoms in total. The van der Waals surface area contributed by atoms with Gasteiger partial charge in [0, 0.05) is 6.54 Å². The Labute approximate surface area is 172 Å². The largest absolute Gasteiger partial charge is 0.309 e. The van der Waals surface area contributed by atoms with Crippen molar-refractivity contribution in [2.45, 2.75) is 43.6 Å². The van der Waals surface area contributed by atoms with Crippen molar-refractivity contribution < 1.29 is 0 Å². The molecule has 0 radical (unpaired) electrons. The minimum Gasteiger partial charge on any atom is -0.309 e. The molecule has 0 amide bonds. The maximum Gasteiger partial charge on any atom is 0.262 e. The molecule has 2 aromatic carbocycles. The zero-order valence-electron chi connectivity index (χ0n) is 16.4. The van der Waals surface area contributed by atoms with E-state index >= 15 is 0 Å². The molecule has 4 aromatic rings. The van der Waals surface area contributed by atoms with Crippen LogP contribution in [0.4, 0.5) is 0 Å². The van der Waals surface area contributed by atoms with Gasteiger partial charge in [-0.3, -0.25) is 14.2 Å². The molecule has 0 unspecified atom stereocenters. The SMILES string of the molecule is CCCCn1c(S[C@@H](C)c2nc3ccccc3c(=O)[nH]2)nc2ccccc2c1=O. The molecule has 7 heteroatoms. The molecule has 0 bridgehead atoms. The Hall–Kier alpha value is -2.93. The second kappa shape index (κ2) is 8.21. The number of benzene rings is 2. The fourth-order valence-corrected chi connectivity index (χ4v) is 4.25. The van der Waals surface area contributed by atoms with Crippen molar-refractivity contribution >= 4 is 33.6 Å². The smallest absolute Gasteiger partial charge is 0.262 e. The first-order chi connectivity index (χ1) is 14.1. The predicted molar refractivity (Wildman–Crippen MR) is 118 cm³/mol. The minimum atomic E-state index is -0.173. The molecule has 1 N–H and O–H groups in total. The highest BCUT2D eigenvalue weighted by molar-refractivity contribution is 7.99. The Morgan fingerprint density at radius 1 is 1.00 bits per heavy atom. The molecule has 0 spiro atoms. The second-order valence-electron chi connectivity index (χ2n) is 6.95. The van der Waals surface area contributed by atoms with Gasteiger partial charge in [0.1, 0.15) is 5.82 Å². The summed E-state index contributed by atoms with van der Waals surface area (Å²) in [4.78, 5) is 37.7. The average molecular weight is 407 g/mol. The number of fused-ring (bicyclic) bond motifs is 2. The highest BCUT2D eigenvalue weighted by atomic mass is 32.2. The van der Waals surface area contributed by atoms with Crippen molar-refractivity contribution in [1.82, 2.24) is 19.5 Å². The van der Waals surface area contributed by atoms with Crippen molar-refractivity contribution in [2.24, 2.45) is 0 Å². The molecule has 4 rings (SSSR count). The third kappa shape index (κ3) is 3.82. The van der Waals surface area contributed by atoms with Gasteiger partial charge in [-0.05, 0) is 37.6 Å². The first-order valence-corrected chi connectivity index (χ1v) is 10.6. The van der Waals surface area contributed by atoms with E-state index in [9.17, 15) is 9.59 Å². The van der Waals surface area contributed by atoms with E-state index in [4.69, 9.17) is 4.98 Å². The number of hydrogen-bond donors (Lipinski definition) is 1. The van der Waals surface area contributed by atoms with E-state index in [1.165, 1.54) is 11.8 Å². The van der Waals surface area contributed by atoms with Gasteiger partial charge in [0.05, 0.1) is 27.1 Å². The maximum atomic E-state index is 13.0. The van der Waals surface area contributed by atoms with E-state index in [2.05, 4.69) is 16.9 Å². The van der Waals surface area contributed by atoms with Crippen LogP contribution in [0, 0.1) is 0 Å². The van der Waals surface area contributed by atoms with E-state index in [1.54, 1.807) is 10.6 Å². The van der Waals surface area contributed by atoms with Crippen LogP contribution in [0.1, 0.15) is 37.8 Å². The summed E-state index contributed by atoms with van der Waals surface area (Å²) in [5.74, 6) is 0.572. The van der Waals surface area contributed by atoms with Gasteiger partial charge in [-0.15, -0.1) is 0 Å². The van der Waals surface area contributed by atoms with Crippen molar-refractivity contribution in [3.63, 3.8) is 0 Å². The molecular formula is C22H22N4O2S. The van der Waals surface area contributed by atoms with Gasteiger partial charge in [-0.2, -0.15) is 0 Å². The number of thioether (sulfide) groups is 1. The highest BCUT2D eigenvalue weighted by Crippen LogP contribution is 2.32. The lowest BCUT2D eigenvalue weighted by Crippen LogP contribution is -2.24. The lowest BCUT2D eigenvalue weighted by Gasteiger charge is -2.16. The first-order valence-electron chi connectivity index (χ1n) is 9.73. The number of unbranched alkanes of at least 4 members (excludes halogenated alkanes) is 1. The molecule has 1 atom stereocenters. The summed E-state index contributed by atoms with van der Waals surface area (Å²) in [6.07, 6.45) is 1.88. The number of para-hydroxylation sites is 2. The van der Waals surface area contributed by atoms with Gasteiger partial charge in [0.15, 0.2) is 5.16 Å². The number of aromatic nitrogens is 4. The number of aromatic amines is 1. The second-order valence-corrected chi connectivity index (χ2v) is 8.26. The van der Waals surface area contributed by atoms with Gasteiger partial charge in [-0.25, -0.2) is 9.97 Å². The lowest BCUT2D eigenvalue weighted by atomic mass is 10.2. The molecule has 0 saturated heterocycles. The topological polar surface area (TPSA) is 80.6 Å². The summed E-state index contributed by atoms with van der Waals surface area (Å²) < 4.78 is 1.74. The quantitative estimate of drug-likeness (QED) is 0.382. The molecule has 2 heterocycles. The van der Waals surface area contributed by atoms with Crippen LogP contribution in [0.5, 0.6) is 0 Å². The van der Waals surface area contributed by atoms with E-state index in [0.29, 0.717) is 39.3 Å². The van der Waals surface area contributed by atoms with E-state index < -0.39 is 0 Å². The minimum absolute atomic E-state index is 0.0290. The molecule has 0 aliphatic carbocycles. The Morgan fingerprint density at radius 2 is 1.66 bits per heavy atom. The summed E-state index contributed by atoms with van der Waals surface area (Å²) in [5, 5.41) is 1.66. The molecule has 0 fully saturated rings. The Balaban J connectivity index is 1.76. The van der Waals surface area contributed by atoms with E-state index in [1.807, 2.05) is 49.4 Å². The number of nitrogens with one attached hydrogen (secondary N) is 1. The summed E-state index contributed by atoms with van der Waals surface area (Å²) in [7, 11) is 0. The van der Waals surface area contributed by atoms with Crippen LogP contribution in [0.2, 0.25) is 0 Å². The summed E-state index contributed by atoms with van der Waals surface area (Å²) >= 11 is 1.44. The van der Waals surface area contributed by atoms with Crippen LogP contribution in [-0.4, -0.2) is 19.5 Å². The van der Waals surface area contributed by atoms with E-state index in [-0.39, 0.29) is 16.4 Å². The molecule has 29 heavy (non-hydrogen) atoms. The summed E-state index contributed by atoms with van der Waals surface area (Å²) in [5.41, 5.74) is 1.15. The number of nitrogens with zero attached hydrogens (tertiary/aromatic N) is 3. The highest BCUT2D eigenvalue weighted by Gasteiger charge is 2.18. The Morgan fingerprint density at radius 3 is 2.38 bits per heavy atom. The van der Waals surface area contributed by atoms with Crippen LogP contribution in [0.25, 0.3) is 21.8 Å². The Kier molecular flexibility index (Phi) is 5.49. The standard InChI is InChI=1S/C22H22N4O2S/c1-3-4-13-26-21(28)16-10-6-8-12-18(16)24-22(26)29-14(2)19-23-17-11-7-5-9-15(17)20(27)25-19/h5-12,14H,3-4,13H2,1-2H3,(H,23,25,27)/t14-/m0/s1. The number of rotatable bonds is 6. The van der Waals surface area contributed by atoms with Crippen molar-refractivity contribution in [3.05, 3.63) is 75.1 Å². The fourth-order valence-electron chi connectivity index (χ4n) is 3.26.